The quantitative estimate of drug-likeness (QED) is 0.614. The van der Waals surface area contributed by atoms with Crippen LogP contribution in [0.2, 0.25) is 5.02 Å². The van der Waals surface area contributed by atoms with E-state index >= 15 is 0 Å². The third-order valence-corrected chi connectivity index (χ3v) is 2.71. The van der Waals surface area contributed by atoms with Crippen molar-refractivity contribution in [2.75, 3.05) is 6.54 Å². The Balaban J connectivity index is 2.84. The van der Waals surface area contributed by atoms with Crippen LogP contribution < -0.4 is 0 Å². The van der Waals surface area contributed by atoms with Crippen molar-refractivity contribution in [1.82, 2.24) is 4.90 Å². The molecule has 0 heterocycles. The Morgan fingerprint density at radius 3 is 2.79 bits per heavy atom. The van der Waals surface area contributed by atoms with Gasteiger partial charge in [0.2, 0.25) is 5.83 Å². The molecule has 1 aromatic rings. The molecule has 3 nitrogen and oxygen atoms in total. The molecule has 1 amide bonds. The molecule has 0 aliphatic heterocycles. The second-order valence-corrected chi connectivity index (χ2v) is 4.16. The number of benzene rings is 1. The van der Waals surface area contributed by atoms with E-state index in [1.165, 1.54) is 12.1 Å². The van der Waals surface area contributed by atoms with Gasteiger partial charge in [0.05, 0.1) is 5.02 Å². The number of amides is 1. The minimum atomic E-state index is -1.02. The lowest BCUT2D eigenvalue weighted by molar-refractivity contribution is -0.115. The van der Waals surface area contributed by atoms with Crippen LogP contribution in [0.1, 0.15) is 12.5 Å². The standard InChI is InChI=1S/C13H13ClF2N2O/c1-3-18(8-12(16)13(19)17-2)7-9-4-5-11(15)10(14)6-9/h4-6,8H,2-3,7H2,1H3/b12-8+. The third-order valence-electron chi connectivity index (χ3n) is 2.42. The van der Waals surface area contributed by atoms with Gasteiger partial charge in [0, 0.05) is 19.3 Å². The number of nitrogens with zero attached hydrogens (tertiary/aromatic N) is 2. The number of carbonyl (C=O) groups is 1. The first-order chi connectivity index (χ1) is 8.97. The summed E-state index contributed by atoms with van der Waals surface area (Å²) in [5.74, 6) is -2.53. The van der Waals surface area contributed by atoms with Crippen LogP contribution in [-0.2, 0) is 11.3 Å². The number of carbonyl (C=O) groups excluding carboxylic acids is 1. The largest absolute Gasteiger partial charge is 0.371 e. The fourth-order valence-corrected chi connectivity index (χ4v) is 1.62. The molecule has 0 aliphatic rings. The fourth-order valence-electron chi connectivity index (χ4n) is 1.41. The van der Waals surface area contributed by atoms with E-state index in [4.69, 9.17) is 11.6 Å². The summed E-state index contributed by atoms with van der Waals surface area (Å²) in [7, 11) is 0. The van der Waals surface area contributed by atoms with Gasteiger partial charge >= 0.3 is 5.91 Å². The Labute approximate surface area is 115 Å². The van der Waals surface area contributed by atoms with Crippen molar-refractivity contribution < 1.29 is 13.6 Å². The highest BCUT2D eigenvalue weighted by molar-refractivity contribution is 6.30. The van der Waals surface area contributed by atoms with Gasteiger partial charge in [-0.15, -0.1) is 0 Å². The maximum Gasteiger partial charge on any atom is 0.306 e. The van der Waals surface area contributed by atoms with Crippen LogP contribution in [0.5, 0.6) is 0 Å². The Kier molecular flexibility index (Phi) is 5.63. The summed E-state index contributed by atoms with van der Waals surface area (Å²) in [5, 5.41) is 0.00170. The zero-order valence-electron chi connectivity index (χ0n) is 10.4. The van der Waals surface area contributed by atoms with Crippen molar-refractivity contribution in [2.24, 2.45) is 4.99 Å². The molecule has 0 atom stereocenters. The van der Waals surface area contributed by atoms with E-state index in [1.807, 2.05) is 0 Å². The van der Waals surface area contributed by atoms with Crippen LogP contribution in [0.3, 0.4) is 0 Å². The van der Waals surface area contributed by atoms with E-state index in [0.29, 0.717) is 18.7 Å². The number of hydrogen-bond donors (Lipinski definition) is 0. The van der Waals surface area contributed by atoms with Crippen molar-refractivity contribution >= 4 is 24.2 Å². The first kappa shape index (κ1) is 15.3. The SMILES string of the molecule is C=NC(=O)/C(F)=C\N(CC)Cc1ccc(F)c(Cl)c1. The third kappa shape index (κ3) is 4.44. The summed E-state index contributed by atoms with van der Waals surface area (Å²) in [6, 6.07) is 4.24. The number of rotatable bonds is 5. The molecule has 6 heteroatoms. The van der Waals surface area contributed by atoms with Crippen molar-refractivity contribution in [3.8, 4) is 0 Å². The summed E-state index contributed by atoms with van der Waals surface area (Å²) < 4.78 is 26.3. The monoisotopic (exact) mass is 286 g/mol. The molecule has 0 saturated heterocycles. The highest BCUT2D eigenvalue weighted by Crippen LogP contribution is 2.17. The van der Waals surface area contributed by atoms with E-state index in [1.54, 1.807) is 17.9 Å². The molecule has 0 radical (unpaired) electrons. The summed E-state index contributed by atoms with van der Waals surface area (Å²) in [6.07, 6.45) is 1.05. The summed E-state index contributed by atoms with van der Waals surface area (Å²) in [5.41, 5.74) is 0.705. The minimum absolute atomic E-state index is 0.00170. The predicted molar refractivity (Wildman–Crippen MR) is 71.2 cm³/mol. The number of hydrogen-bond acceptors (Lipinski definition) is 2. The molecule has 1 aromatic carbocycles. The average Bonchev–Trinajstić information content (AvgIpc) is 2.40. The van der Waals surface area contributed by atoms with Crippen molar-refractivity contribution in [3.63, 3.8) is 0 Å². The lowest BCUT2D eigenvalue weighted by Crippen LogP contribution is -2.17. The van der Waals surface area contributed by atoms with Crippen molar-refractivity contribution in [3.05, 3.63) is 46.6 Å². The van der Waals surface area contributed by atoms with Crippen LogP contribution >= 0.6 is 11.6 Å². The van der Waals surface area contributed by atoms with E-state index in [0.717, 1.165) is 6.20 Å². The van der Waals surface area contributed by atoms with Crippen molar-refractivity contribution in [1.29, 1.82) is 0 Å². The van der Waals surface area contributed by atoms with Crippen LogP contribution in [-0.4, -0.2) is 24.1 Å². The fraction of sp³-hybridized carbons (Fsp3) is 0.231. The van der Waals surface area contributed by atoms with E-state index in [2.05, 4.69) is 11.7 Å². The Morgan fingerprint density at radius 1 is 1.58 bits per heavy atom. The molecule has 0 fully saturated rings. The normalized spacial score (nSPS) is 11.3. The lowest BCUT2D eigenvalue weighted by Gasteiger charge is -2.18. The van der Waals surface area contributed by atoms with Crippen LogP contribution in [0, 0.1) is 5.82 Å². The van der Waals surface area contributed by atoms with Gasteiger partial charge in [-0.3, -0.25) is 4.79 Å². The van der Waals surface area contributed by atoms with Gasteiger partial charge < -0.3 is 4.90 Å². The van der Waals surface area contributed by atoms with Crippen LogP contribution in [0.15, 0.2) is 35.2 Å². The van der Waals surface area contributed by atoms with E-state index < -0.39 is 17.6 Å². The molecule has 0 bridgehead atoms. The average molecular weight is 287 g/mol. The smallest absolute Gasteiger partial charge is 0.306 e. The molecule has 0 unspecified atom stereocenters. The Morgan fingerprint density at radius 2 is 2.26 bits per heavy atom. The first-order valence-electron chi connectivity index (χ1n) is 5.54. The number of aliphatic imine (C=N–C) groups is 1. The van der Waals surface area contributed by atoms with Gasteiger partial charge in [-0.2, -0.15) is 4.39 Å². The summed E-state index contributed by atoms with van der Waals surface area (Å²) >= 11 is 5.66. The second-order valence-electron chi connectivity index (χ2n) is 3.75. The minimum Gasteiger partial charge on any atom is -0.371 e. The first-order valence-corrected chi connectivity index (χ1v) is 5.92. The second kappa shape index (κ2) is 6.99. The molecular weight excluding hydrogens is 274 g/mol. The molecule has 102 valence electrons. The molecule has 0 N–H and O–H groups in total. The topological polar surface area (TPSA) is 32.7 Å². The van der Waals surface area contributed by atoms with E-state index in [-0.39, 0.29) is 5.02 Å². The highest BCUT2D eigenvalue weighted by Gasteiger charge is 2.09. The highest BCUT2D eigenvalue weighted by atomic mass is 35.5. The molecule has 0 aliphatic carbocycles. The molecule has 19 heavy (non-hydrogen) atoms. The van der Waals surface area contributed by atoms with Gasteiger partial charge in [-0.05, 0) is 31.3 Å². The summed E-state index contributed by atoms with van der Waals surface area (Å²) in [4.78, 5) is 15.5. The molecule has 1 rings (SSSR count). The van der Waals surface area contributed by atoms with Gasteiger partial charge in [-0.25, -0.2) is 9.38 Å². The van der Waals surface area contributed by atoms with Gasteiger partial charge in [-0.1, -0.05) is 17.7 Å². The molecule has 0 saturated carbocycles. The van der Waals surface area contributed by atoms with Crippen molar-refractivity contribution in [2.45, 2.75) is 13.5 Å². The zero-order chi connectivity index (χ0) is 14.4. The summed E-state index contributed by atoms with van der Waals surface area (Å²) in [6.45, 7) is 5.52. The molecule has 0 aromatic heterocycles. The van der Waals surface area contributed by atoms with E-state index in [9.17, 15) is 13.6 Å². The molecule has 0 spiro atoms. The number of halogens is 3. The predicted octanol–water partition coefficient (Wildman–Crippen LogP) is 3.34. The van der Waals surface area contributed by atoms with Crippen LogP contribution in [0.25, 0.3) is 0 Å². The van der Waals surface area contributed by atoms with Gasteiger partial charge in [0.25, 0.3) is 0 Å². The Hall–Kier alpha value is -1.75. The molecular formula is C13H13ClF2N2O. The zero-order valence-corrected chi connectivity index (χ0v) is 11.1. The lowest BCUT2D eigenvalue weighted by atomic mass is 10.2. The van der Waals surface area contributed by atoms with Gasteiger partial charge in [0.15, 0.2) is 0 Å². The van der Waals surface area contributed by atoms with Crippen LogP contribution in [0.4, 0.5) is 8.78 Å². The Bertz CT molecular complexity index is 517. The van der Waals surface area contributed by atoms with Gasteiger partial charge in [0.1, 0.15) is 5.82 Å². The maximum atomic E-state index is 13.3. The maximum absolute atomic E-state index is 13.3.